The van der Waals surface area contributed by atoms with Crippen molar-refractivity contribution in [2.24, 2.45) is 36.5 Å². The third-order valence-electron chi connectivity index (χ3n) is 21.8. The van der Waals surface area contributed by atoms with E-state index in [1.54, 1.807) is 95.1 Å². The summed E-state index contributed by atoms with van der Waals surface area (Å²) in [6.07, 6.45) is 20.9. The Hall–Kier alpha value is -12.8. The van der Waals surface area contributed by atoms with Gasteiger partial charge in [-0.25, -0.2) is 34.2 Å². The zero-order chi connectivity index (χ0) is 84.5. The molecule has 0 radical (unpaired) electrons. The number of fused-ring (bicyclic) bond motifs is 6. The van der Waals surface area contributed by atoms with Gasteiger partial charge in [0.15, 0.2) is 5.69 Å². The largest absolute Gasteiger partial charge is 0.447 e. The molecule has 0 bridgehead atoms. The van der Waals surface area contributed by atoms with Crippen LogP contribution in [-0.2, 0) is 30.6 Å². The lowest BCUT2D eigenvalue weighted by molar-refractivity contribution is 0.0117. The normalized spacial score (nSPS) is 17.7. The first-order valence-corrected chi connectivity index (χ1v) is 40.2. The number of pyridine rings is 3. The molecule has 612 valence electrons. The molecule has 6 atom stereocenters. The molecule has 10 aromatic rings. The number of rotatable bonds is 14. The molecule has 4 amide bonds. The van der Waals surface area contributed by atoms with Crippen LogP contribution in [0.4, 0.5) is 25.8 Å². The molecule has 0 saturated carbocycles. The summed E-state index contributed by atoms with van der Waals surface area (Å²) in [5.74, 6) is 0. The zero-order valence-corrected chi connectivity index (χ0v) is 69.5. The second-order valence-electron chi connectivity index (χ2n) is 30.8. The standard InChI is InChI=1S/C31H27ClN10O.C28H31ClN8O2.C27H29ClN8O2/c1-34-22-6-8-23(9-7-22)37-31(43)42-14-12-41(13-15-42)30-24-10-5-21(32)17-25(24)26(16-20-4-3-11-36-28(20)30)29(38-39-33)27-18-35-19-40(27)2;1-28(2,3)39-27(38)37-12-10-36(11-13-37)26-20-8-7-19(29)15-21(20)22(14-18-6-5-9-32-24(18)26)25(33-34-30)23-16-31-17-35(23)4;1-17(2)38-27(37)36-11-9-35(10-12-36)26-20-7-6-19(28)14-21(20)22(13-18-5-4-8-31-24(18)26)25(32-33-29)23-15-30-16-34(23)3/h3-11,16-19,29-30H,12-15H2,2H3,(H,37,43);5-9,14-17,25-26H,10-13H2,1-4H3;4-8,13-17,25-26H,9-12H2,1-3H3/t29?,30-;2*25?,26-/m000/s1. The molecule has 3 unspecified atom stereocenters. The average molecular weight is 1670 g/mol. The smallest absolute Gasteiger partial charge is 0.410 e. The lowest BCUT2D eigenvalue weighted by atomic mass is 9.90. The van der Waals surface area contributed by atoms with Gasteiger partial charge in [0.05, 0.1) is 83.9 Å². The van der Waals surface area contributed by atoms with Crippen LogP contribution in [0.5, 0.6) is 0 Å². The lowest BCUT2D eigenvalue weighted by Crippen LogP contribution is -2.51. The van der Waals surface area contributed by atoms with Gasteiger partial charge in [0, 0.05) is 172 Å². The van der Waals surface area contributed by atoms with E-state index in [4.69, 9.17) is 65.8 Å². The summed E-state index contributed by atoms with van der Waals surface area (Å²) in [7, 11) is 5.62. The molecule has 3 fully saturated rings. The Kier molecular flexibility index (Phi) is 25.8. The van der Waals surface area contributed by atoms with Crippen molar-refractivity contribution in [3.8, 4) is 0 Å². The topological polar surface area (TPSA) is 344 Å². The Morgan fingerprint density at radius 2 is 0.833 bits per heavy atom. The van der Waals surface area contributed by atoms with Crippen LogP contribution in [-0.4, -0.2) is 181 Å². The second kappa shape index (κ2) is 37.0. The molecule has 9 heterocycles. The molecule has 120 heavy (non-hydrogen) atoms. The maximum Gasteiger partial charge on any atom is 0.410 e. The Bertz CT molecular complexity index is 5780. The van der Waals surface area contributed by atoms with Gasteiger partial charge in [-0.1, -0.05) is 98.7 Å². The van der Waals surface area contributed by atoms with Crippen molar-refractivity contribution in [1.82, 2.24) is 73.0 Å². The van der Waals surface area contributed by atoms with Crippen molar-refractivity contribution in [3.63, 3.8) is 0 Å². The summed E-state index contributed by atoms with van der Waals surface area (Å²) in [6, 6.07) is 33.4. The number of halogens is 3. The molecule has 6 aromatic heterocycles. The second-order valence-corrected chi connectivity index (χ2v) is 32.1. The van der Waals surface area contributed by atoms with E-state index in [9.17, 15) is 31.0 Å². The maximum atomic E-state index is 13.1. The van der Waals surface area contributed by atoms with E-state index in [1.807, 2.05) is 179 Å². The van der Waals surface area contributed by atoms with Crippen molar-refractivity contribution in [2.45, 2.75) is 82.6 Å². The number of benzene rings is 4. The first-order chi connectivity index (χ1) is 58.0. The summed E-state index contributed by atoms with van der Waals surface area (Å²) in [4.78, 5) is 90.8. The number of hydrogen-bond donors (Lipinski definition) is 1. The molecule has 1 N–H and O–H groups in total. The number of nitrogens with zero attached hydrogens (tertiary/aromatic N) is 25. The van der Waals surface area contributed by atoms with Gasteiger partial charge >= 0.3 is 18.2 Å². The summed E-state index contributed by atoms with van der Waals surface area (Å²) in [5.41, 5.74) is 45.1. The third kappa shape index (κ3) is 18.4. The van der Waals surface area contributed by atoms with E-state index in [0.29, 0.717) is 105 Å². The summed E-state index contributed by atoms with van der Waals surface area (Å²) < 4.78 is 16.6. The molecule has 34 heteroatoms. The predicted octanol–water partition coefficient (Wildman–Crippen LogP) is 18.5. The van der Waals surface area contributed by atoms with Gasteiger partial charge in [0.25, 0.3) is 0 Å². The number of nitrogens with one attached hydrogen (secondary N) is 1. The maximum absolute atomic E-state index is 13.1. The van der Waals surface area contributed by atoms with E-state index in [0.717, 1.165) is 101 Å². The van der Waals surface area contributed by atoms with Crippen LogP contribution in [0.2, 0.25) is 15.1 Å². The van der Waals surface area contributed by atoms with Crippen molar-refractivity contribution in [3.05, 3.63) is 313 Å². The number of anilines is 1. The van der Waals surface area contributed by atoms with E-state index in [1.165, 1.54) is 0 Å². The fraction of sp³-hybridized carbons (Fsp3) is 0.326. The van der Waals surface area contributed by atoms with Gasteiger partial charge in [-0.05, 0) is 203 Å². The first kappa shape index (κ1) is 83.6. The molecule has 3 saturated heterocycles. The summed E-state index contributed by atoms with van der Waals surface area (Å²) in [6.45, 7) is 23.4. The van der Waals surface area contributed by atoms with E-state index in [-0.39, 0.29) is 42.4 Å². The van der Waals surface area contributed by atoms with E-state index in [2.05, 4.69) is 69.9 Å². The van der Waals surface area contributed by atoms with E-state index >= 15 is 0 Å². The molecule has 31 nitrogen and oxygen atoms in total. The quantitative estimate of drug-likeness (QED) is 0.0458. The third-order valence-corrected chi connectivity index (χ3v) is 22.5. The highest BCUT2D eigenvalue weighted by molar-refractivity contribution is 6.31. The molecule has 4 aromatic carbocycles. The van der Waals surface area contributed by atoms with Crippen LogP contribution in [0.15, 0.2) is 187 Å². The molecule has 3 aliphatic carbocycles. The van der Waals surface area contributed by atoms with Crippen LogP contribution in [0, 0.1) is 6.57 Å². The highest BCUT2D eigenvalue weighted by Crippen LogP contribution is 2.50. The number of imidazole rings is 3. The Morgan fingerprint density at radius 1 is 0.492 bits per heavy atom. The number of ether oxygens (including phenoxy) is 2. The minimum absolute atomic E-state index is 0.164. The lowest BCUT2D eigenvalue weighted by Gasteiger charge is -2.40. The molecule has 16 rings (SSSR count). The summed E-state index contributed by atoms with van der Waals surface area (Å²) in [5, 5.41) is 17.3. The van der Waals surface area contributed by atoms with Crippen LogP contribution < -0.4 is 5.32 Å². The van der Waals surface area contributed by atoms with Crippen molar-refractivity contribution in [2.75, 3.05) is 83.9 Å². The number of aryl methyl sites for hydroxylation is 3. The van der Waals surface area contributed by atoms with E-state index < -0.39 is 23.7 Å². The number of carbonyl (C=O) groups excluding carboxylic acids is 3. The number of hydrogen-bond acceptors (Lipinski definition) is 17. The van der Waals surface area contributed by atoms with Crippen LogP contribution in [0.1, 0.15) is 155 Å². The van der Waals surface area contributed by atoms with Crippen LogP contribution in [0.3, 0.4) is 0 Å². The van der Waals surface area contributed by atoms with Crippen molar-refractivity contribution >= 4 is 99.3 Å². The summed E-state index contributed by atoms with van der Waals surface area (Å²) >= 11 is 19.7. The average Bonchev–Trinajstić information content (AvgIpc) is 1.59. The number of urea groups is 1. The molecular formula is C86H87Cl3N26O5. The monoisotopic (exact) mass is 1670 g/mol. The number of carbonyl (C=O) groups is 3. The minimum atomic E-state index is -0.647. The van der Waals surface area contributed by atoms with Gasteiger partial charge in [0.2, 0.25) is 0 Å². The van der Waals surface area contributed by atoms with Gasteiger partial charge in [-0.15, -0.1) is 0 Å². The van der Waals surface area contributed by atoms with Gasteiger partial charge in [0.1, 0.15) is 23.7 Å². The Labute approximate surface area is 708 Å². The molecule has 0 spiro atoms. The fourth-order valence-corrected chi connectivity index (χ4v) is 16.7. The number of azide groups is 3. The highest BCUT2D eigenvalue weighted by atomic mass is 35.5. The van der Waals surface area contributed by atoms with Gasteiger partial charge < -0.3 is 43.2 Å². The fourth-order valence-electron chi connectivity index (χ4n) is 16.2. The molecule has 6 aliphatic rings. The number of piperazine rings is 3. The highest BCUT2D eigenvalue weighted by Gasteiger charge is 2.41. The van der Waals surface area contributed by atoms with Gasteiger partial charge in [-0.2, -0.15) is 0 Å². The first-order valence-electron chi connectivity index (χ1n) is 39.1. The predicted molar refractivity (Wildman–Crippen MR) is 461 cm³/mol. The minimum Gasteiger partial charge on any atom is -0.447 e. The van der Waals surface area contributed by atoms with Crippen LogP contribution >= 0.6 is 34.8 Å². The number of aromatic nitrogens is 9. The zero-order valence-electron chi connectivity index (χ0n) is 67.3. The van der Waals surface area contributed by atoms with Gasteiger partial charge in [-0.3, -0.25) is 29.7 Å². The van der Waals surface area contributed by atoms with Crippen molar-refractivity contribution in [1.29, 1.82) is 0 Å². The van der Waals surface area contributed by atoms with Crippen molar-refractivity contribution < 1.29 is 23.9 Å². The number of amides is 4. The van der Waals surface area contributed by atoms with Crippen LogP contribution in [0.25, 0.3) is 71.1 Å². The SMILES string of the molecule is CC(C)OC(=O)N1CCN([C@H]2c3ccc(Cl)cc3C(C(N=[N+]=[N-])c3cncn3C)=Cc3cccnc32)CC1.Cn1cncc1C(N=[N+]=[N-])C1=Cc2cccnc2[C@@H](N2CCN(C(=O)OC(C)(C)C)CC2)c2ccc(Cl)cc21.[C-]#[N+]c1ccc(NC(=O)N2CCN([C@H]3c4ccc(Cl)cc4C(C(N=[N+]=[N-])c4cncn4C)=Cc4cccnc43)CC2)cc1. The molecular weight excluding hydrogens is 1580 g/mol. The molecule has 3 aliphatic heterocycles. The Morgan fingerprint density at radius 3 is 1.14 bits per heavy atom. The Balaban J connectivity index is 0.000000148.